The number of hydrogen-bond acceptors (Lipinski definition) is 1. The van der Waals surface area contributed by atoms with Gasteiger partial charge in [-0.05, 0) is 31.5 Å². The van der Waals surface area contributed by atoms with Gasteiger partial charge in [-0.1, -0.05) is 133 Å². The largest absolute Gasteiger partial charge is 0.306 e. The summed E-state index contributed by atoms with van der Waals surface area (Å²) in [4.78, 5) is 2.44. The van der Waals surface area contributed by atoms with Gasteiger partial charge in [0.1, 0.15) is 0 Å². The van der Waals surface area contributed by atoms with E-state index in [0.717, 1.165) is 6.54 Å². The molecule has 0 aliphatic carbocycles. The Bertz CT molecular complexity index is 464. The first-order valence-corrected chi connectivity index (χ1v) is 12.2. The molecule has 1 rings (SSSR count). The summed E-state index contributed by atoms with van der Waals surface area (Å²) in [6.07, 6.45) is 23.2. The van der Waals surface area contributed by atoms with E-state index in [0.29, 0.717) is 5.92 Å². The molecule has 0 bridgehead atoms. The Balaban J connectivity index is 2.13. The highest BCUT2D eigenvalue weighted by Gasteiger charge is 2.07. The van der Waals surface area contributed by atoms with Gasteiger partial charge in [-0.15, -0.1) is 0 Å². The van der Waals surface area contributed by atoms with Crippen LogP contribution < -0.4 is 0 Å². The van der Waals surface area contributed by atoms with Gasteiger partial charge >= 0.3 is 0 Å². The summed E-state index contributed by atoms with van der Waals surface area (Å²) in [7, 11) is 2.24. The van der Waals surface area contributed by atoms with Gasteiger partial charge in [-0.3, -0.25) is 0 Å². The molecule has 0 aliphatic rings. The second kappa shape index (κ2) is 18.0. The molecule has 0 N–H and O–H groups in total. The molecule has 0 spiro atoms. The van der Waals surface area contributed by atoms with E-state index in [1.54, 1.807) is 0 Å². The molecule has 0 fully saturated rings. The van der Waals surface area contributed by atoms with Gasteiger partial charge < -0.3 is 4.90 Å². The van der Waals surface area contributed by atoms with E-state index in [1.165, 1.54) is 95.6 Å². The van der Waals surface area contributed by atoms with E-state index in [1.807, 2.05) is 0 Å². The molecule has 0 aromatic heterocycles. The quantitative estimate of drug-likeness (QED) is 0.229. The maximum atomic E-state index is 2.44. The molecule has 28 heavy (non-hydrogen) atoms. The lowest BCUT2D eigenvalue weighted by atomic mass is 9.98. The molecule has 0 heterocycles. The van der Waals surface area contributed by atoms with Crippen LogP contribution in [0.1, 0.15) is 103 Å². The third-order valence-electron chi connectivity index (χ3n) is 5.87. The molecular formula is C27H47N. The van der Waals surface area contributed by atoms with Gasteiger partial charge in [0.2, 0.25) is 0 Å². The summed E-state index contributed by atoms with van der Waals surface area (Å²) in [6.45, 7) is 6.86. The zero-order chi connectivity index (χ0) is 20.3. The van der Waals surface area contributed by atoms with E-state index < -0.39 is 0 Å². The molecule has 1 nitrogen and oxygen atoms in total. The zero-order valence-corrected chi connectivity index (χ0v) is 19.2. The van der Waals surface area contributed by atoms with Crippen LogP contribution in [-0.4, -0.2) is 25.0 Å². The van der Waals surface area contributed by atoms with Crippen LogP contribution in [0.5, 0.6) is 0 Å². The number of benzene rings is 1. The van der Waals surface area contributed by atoms with E-state index in [2.05, 4.69) is 68.3 Å². The van der Waals surface area contributed by atoms with E-state index >= 15 is 0 Å². The van der Waals surface area contributed by atoms with Crippen LogP contribution in [-0.2, 0) is 0 Å². The highest BCUT2D eigenvalue weighted by atomic mass is 15.1. The number of hydrogen-bond donors (Lipinski definition) is 0. The van der Waals surface area contributed by atoms with Crippen LogP contribution in [0.2, 0.25) is 0 Å². The van der Waals surface area contributed by atoms with Crippen LogP contribution in [0.15, 0.2) is 36.4 Å². The first kappa shape index (κ1) is 25.0. The molecule has 1 heteroatoms. The van der Waals surface area contributed by atoms with Gasteiger partial charge in [-0.25, -0.2) is 0 Å². The summed E-state index contributed by atoms with van der Waals surface area (Å²) in [5, 5.41) is 0. The topological polar surface area (TPSA) is 3.24 Å². The van der Waals surface area contributed by atoms with Crippen LogP contribution in [0, 0.1) is 5.92 Å². The molecule has 160 valence electrons. The van der Waals surface area contributed by atoms with Crippen LogP contribution in [0.4, 0.5) is 0 Å². The standard InChI is InChI=1S/C27H47N/c1-4-6-7-8-9-10-11-12-13-14-15-17-22-27(25-28(3)5-2)24-23-26-20-18-16-19-21-26/h16,18-21,23-24,27H,4-15,17,22,25H2,1-3H3. The SMILES string of the molecule is CCCCCCCCCCCCCCC(C=Cc1ccccc1)CN(C)CC. The monoisotopic (exact) mass is 385 g/mol. The smallest absolute Gasteiger partial charge is 0.00413 e. The van der Waals surface area contributed by atoms with E-state index in [9.17, 15) is 0 Å². The Morgan fingerprint density at radius 3 is 1.82 bits per heavy atom. The van der Waals surface area contributed by atoms with Crippen molar-refractivity contribution in [1.29, 1.82) is 0 Å². The van der Waals surface area contributed by atoms with Crippen LogP contribution >= 0.6 is 0 Å². The second-order valence-corrected chi connectivity index (χ2v) is 8.56. The van der Waals surface area contributed by atoms with Crippen molar-refractivity contribution in [3.63, 3.8) is 0 Å². The number of nitrogens with zero attached hydrogens (tertiary/aromatic N) is 1. The average molecular weight is 386 g/mol. The molecule has 1 unspecified atom stereocenters. The van der Waals surface area contributed by atoms with E-state index in [-0.39, 0.29) is 0 Å². The maximum Gasteiger partial charge on any atom is 0.00413 e. The highest BCUT2D eigenvalue weighted by molar-refractivity contribution is 5.48. The molecule has 1 aromatic rings. The number of rotatable bonds is 18. The van der Waals surface area contributed by atoms with Gasteiger partial charge in [0.25, 0.3) is 0 Å². The fourth-order valence-corrected chi connectivity index (χ4v) is 3.84. The number of unbranched alkanes of at least 4 members (excludes halogenated alkanes) is 11. The minimum absolute atomic E-state index is 0.674. The molecular weight excluding hydrogens is 338 g/mol. The van der Waals surface area contributed by atoms with Crippen LogP contribution in [0.25, 0.3) is 6.08 Å². The van der Waals surface area contributed by atoms with Gasteiger partial charge in [-0.2, -0.15) is 0 Å². The van der Waals surface area contributed by atoms with Gasteiger partial charge in [0.15, 0.2) is 0 Å². The third kappa shape index (κ3) is 14.0. The predicted octanol–water partition coefficient (Wildman–Crippen LogP) is 8.36. The Kier molecular flexibility index (Phi) is 16.0. The molecule has 1 atom stereocenters. The van der Waals surface area contributed by atoms with Crippen molar-refractivity contribution in [1.82, 2.24) is 4.90 Å². The maximum absolute atomic E-state index is 2.44. The van der Waals surface area contributed by atoms with E-state index in [4.69, 9.17) is 0 Å². The molecule has 0 amide bonds. The molecule has 1 aromatic carbocycles. The van der Waals surface area contributed by atoms with Gasteiger partial charge in [0.05, 0.1) is 0 Å². The van der Waals surface area contributed by atoms with Gasteiger partial charge in [0, 0.05) is 6.54 Å². The fourth-order valence-electron chi connectivity index (χ4n) is 3.84. The lowest BCUT2D eigenvalue weighted by molar-refractivity contribution is 0.303. The minimum atomic E-state index is 0.674. The third-order valence-corrected chi connectivity index (χ3v) is 5.87. The summed E-state index contributed by atoms with van der Waals surface area (Å²) >= 11 is 0. The van der Waals surface area contributed by atoms with Crippen molar-refractivity contribution < 1.29 is 0 Å². The summed E-state index contributed by atoms with van der Waals surface area (Å²) in [6, 6.07) is 10.7. The second-order valence-electron chi connectivity index (χ2n) is 8.56. The Hall–Kier alpha value is -1.08. The summed E-state index contributed by atoms with van der Waals surface area (Å²) in [5.74, 6) is 0.674. The zero-order valence-electron chi connectivity index (χ0n) is 19.2. The highest BCUT2D eigenvalue weighted by Crippen LogP contribution is 2.17. The van der Waals surface area contributed by atoms with Crippen LogP contribution in [0.3, 0.4) is 0 Å². The fraction of sp³-hybridized carbons (Fsp3) is 0.704. The average Bonchev–Trinajstić information content (AvgIpc) is 2.73. The lowest BCUT2D eigenvalue weighted by Gasteiger charge is -2.20. The first-order chi connectivity index (χ1) is 13.8. The lowest BCUT2D eigenvalue weighted by Crippen LogP contribution is -2.24. The van der Waals surface area contributed by atoms with Crippen molar-refractivity contribution in [2.75, 3.05) is 20.1 Å². The van der Waals surface area contributed by atoms with Crippen molar-refractivity contribution in [3.05, 3.63) is 42.0 Å². The molecule has 0 saturated heterocycles. The first-order valence-electron chi connectivity index (χ1n) is 12.2. The van der Waals surface area contributed by atoms with Crippen molar-refractivity contribution >= 4 is 6.08 Å². The Morgan fingerprint density at radius 2 is 1.29 bits per heavy atom. The van der Waals surface area contributed by atoms with Crippen molar-refractivity contribution in [2.24, 2.45) is 5.92 Å². The summed E-state index contributed by atoms with van der Waals surface area (Å²) < 4.78 is 0. The molecule has 0 radical (unpaired) electrons. The normalized spacial score (nSPS) is 12.9. The molecule has 0 aliphatic heterocycles. The molecule has 0 saturated carbocycles. The minimum Gasteiger partial charge on any atom is -0.306 e. The van der Waals surface area contributed by atoms with Crippen molar-refractivity contribution in [3.8, 4) is 0 Å². The predicted molar refractivity (Wildman–Crippen MR) is 128 cm³/mol. The Morgan fingerprint density at radius 1 is 0.750 bits per heavy atom. The van der Waals surface area contributed by atoms with Crippen molar-refractivity contribution in [2.45, 2.75) is 97.3 Å². The summed E-state index contributed by atoms with van der Waals surface area (Å²) in [5.41, 5.74) is 1.32. The Labute approximate surface area is 176 Å².